The lowest BCUT2D eigenvalue weighted by Gasteiger charge is -2.19. The van der Waals surface area contributed by atoms with Crippen molar-refractivity contribution in [2.45, 2.75) is 51.2 Å². The molecule has 47 heavy (non-hydrogen) atoms. The Morgan fingerprint density at radius 2 is 1.62 bits per heavy atom. The van der Waals surface area contributed by atoms with Crippen LogP contribution in [0.15, 0.2) is 94.7 Å². The summed E-state index contributed by atoms with van der Waals surface area (Å²) in [6.07, 6.45) is 5.91. The van der Waals surface area contributed by atoms with Crippen molar-refractivity contribution in [3.05, 3.63) is 102 Å². The Morgan fingerprint density at radius 1 is 0.915 bits per heavy atom. The molecule has 4 aromatic carbocycles. The van der Waals surface area contributed by atoms with Gasteiger partial charge < -0.3 is 14.1 Å². The number of furan rings is 1. The molecule has 0 spiro atoms. The molecule has 6 rings (SSSR count). The molecule has 2 N–H and O–H groups in total. The van der Waals surface area contributed by atoms with Crippen LogP contribution in [0.2, 0.25) is 0 Å². The first kappa shape index (κ1) is 32.8. The summed E-state index contributed by atoms with van der Waals surface area (Å²) in [7, 11) is -8.26. The molecule has 1 aliphatic rings. The fourth-order valence-electron chi connectivity index (χ4n) is 6.06. The van der Waals surface area contributed by atoms with Gasteiger partial charge in [-0.1, -0.05) is 61.5 Å². The Labute approximate surface area is 274 Å². The van der Waals surface area contributed by atoms with Gasteiger partial charge in [0.2, 0.25) is 5.88 Å². The summed E-state index contributed by atoms with van der Waals surface area (Å²) in [5, 5.41) is 4.08. The Kier molecular flexibility index (Phi) is 9.17. The van der Waals surface area contributed by atoms with E-state index in [2.05, 4.69) is 6.07 Å². The lowest BCUT2D eigenvalue weighted by Crippen LogP contribution is -2.22. The summed E-state index contributed by atoms with van der Waals surface area (Å²) in [6.45, 7) is 3.99. The quantitative estimate of drug-likeness (QED) is 0.0992. The molecule has 1 atom stereocenters. The van der Waals surface area contributed by atoms with E-state index in [1.165, 1.54) is 6.92 Å². The lowest BCUT2D eigenvalue weighted by atomic mass is 9.98. The van der Waals surface area contributed by atoms with Gasteiger partial charge in [0, 0.05) is 23.6 Å². The lowest BCUT2D eigenvalue weighted by molar-refractivity contribution is 0.436. The summed E-state index contributed by atoms with van der Waals surface area (Å²) < 4.78 is 78.1. The molecule has 0 amide bonds. The molecule has 5 aromatic rings. The monoisotopic (exact) mass is 675 g/mol. The second kappa shape index (κ2) is 13.2. The van der Waals surface area contributed by atoms with Crippen molar-refractivity contribution in [1.29, 1.82) is 0 Å². The van der Waals surface area contributed by atoms with Gasteiger partial charge in [-0.2, -0.15) is 16.8 Å². The normalized spacial score (nSPS) is 15.5. The smallest absolute Gasteiger partial charge is 0.267 e. The number of hydrogen-bond acceptors (Lipinski definition) is 7. The van der Waals surface area contributed by atoms with Crippen LogP contribution in [0.25, 0.3) is 38.6 Å². The predicted octanol–water partition coefficient (Wildman–Crippen LogP) is 8.15. The number of fused-ring (bicyclic) bond motifs is 5. The number of unbranched alkanes of at least 4 members (excludes halogenated alkanes) is 1. The molecule has 0 aliphatic carbocycles. The molecule has 0 radical (unpaired) electrons. The van der Waals surface area contributed by atoms with E-state index in [4.69, 9.17) is 9.15 Å². The van der Waals surface area contributed by atoms with Crippen molar-refractivity contribution >= 4 is 64.5 Å². The third-order valence-electron chi connectivity index (χ3n) is 8.69. The highest BCUT2D eigenvalue weighted by molar-refractivity contribution is 7.86. The SMILES string of the molecule is CCC(=C/c1oc2ccc3ccccc3c2c1CCC(C)S(=O)(=O)O)/C=C1/Oc2cc3ccccc3cc2N1CCCCS(=O)(=O)O. The number of allylic oxidation sites excluding steroid dienone is 2. The van der Waals surface area contributed by atoms with Gasteiger partial charge >= 0.3 is 0 Å². The molecule has 1 aromatic heterocycles. The van der Waals surface area contributed by atoms with Crippen LogP contribution in [0.1, 0.15) is 50.9 Å². The molecule has 2 heterocycles. The number of aryl methyl sites for hydroxylation is 1. The summed E-state index contributed by atoms with van der Waals surface area (Å²) in [5.41, 5.74) is 3.31. The van der Waals surface area contributed by atoms with Gasteiger partial charge in [0.05, 0.1) is 16.7 Å². The molecule has 0 saturated carbocycles. The third-order valence-corrected chi connectivity index (χ3v) is 10.7. The van der Waals surface area contributed by atoms with Crippen molar-refractivity contribution in [3.63, 3.8) is 0 Å². The molecule has 1 unspecified atom stereocenters. The highest BCUT2D eigenvalue weighted by atomic mass is 32.2. The van der Waals surface area contributed by atoms with Crippen molar-refractivity contribution in [3.8, 4) is 5.75 Å². The Morgan fingerprint density at radius 3 is 2.32 bits per heavy atom. The van der Waals surface area contributed by atoms with Crippen molar-refractivity contribution in [2.75, 3.05) is 17.2 Å². The van der Waals surface area contributed by atoms with E-state index in [9.17, 15) is 25.9 Å². The minimum absolute atomic E-state index is 0.212. The minimum Gasteiger partial charge on any atom is -0.456 e. The van der Waals surface area contributed by atoms with Gasteiger partial charge in [0.1, 0.15) is 11.3 Å². The average molecular weight is 676 g/mol. The second-order valence-electron chi connectivity index (χ2n) is 11.9. The topological polar surface area (TPSA) is 134 Å². The predicted molar refractivity (Wildman–Crippen MR) is 187 cm³/mol. The zero-order valence-electron chi connectivity index (χ0n) is 26.2. The highest BCUT2D eigenvalue weighted by Crippen LogP contribution is 2.43. The van der Waals surface area contributed by atoms with E-state index in [-0.39, 0.29) is 12.2 Å². The molecule has 0 bridgehead atoms. The van der Waals surface area contributed by atoms with E-state index in [0.29, 0.717) is 55.2 Å². The second-order valence-corrected chi connectivity index (χ2v) is 15.3. The average Bonchev–Trinajstić information content (AvgIpc) is 3.55. The van der Waals surface area contributed by atoms with Crippen molar-refractivity contribution < 1.29 is 35.1 Å². The Balaban J connectivity index is 1.41. The summed E-state index contributed by atoms with van der Waals surface area (Å²) in [5.74, 6) is 1.56. The molecule has 0 fully saturated rings. The van der Waals surface area contributed by atoms with Gasteiger partial charge in [-0.25, -0.2) is 0 Å². The number of rotatable bonds is 12. The van der Waals surface area contributed by atoms with Crippen LogP contribution in [-0.4, -0.2) is 43.5 Å². The Bertz CT molecular complexity index is 2250. The maximum absolute atomic E-state index is 11.9. The van der Waals surface area contributed by atoms with E-state index >= 15 is 0 Å². The van der Waals surface area contributed by atoms with Crippen LogP contribution in [-0.2, 0) is 26.7 Å². The summed E-state index contributed by atoms with van der Waals surface area (Å²) in [6, 6.07) is 23.9. The van der Waals surface area contributed by atoms with Crippen LogP contribution in [0, 0.1) is 0 Å². The fourth-order valence-corrected chi connectivity index (χ4v) is 7.05. The third kappa shape index (κ3) is 7.23. The van der Waals surface area contributed by atoms with Gasteiger partial charge in [0.25, 0.3) is 20.2 Å². The molecular formula is C36H37NO8S2. The van der Waals surface area contributed by atoms with Gasteiger partial charge in [-0.15, -0.1) is 0 Å². The summed E-state index contributed by atoms with van der Waals surface area (Å²) >= 11 is 0. The van der Waals surface area contributed by atoms with E-state index < -0.39 is 25.5 Å². The van der Waals surface area contributed by atoms with Crippen LogP contribution >= 0.6 is 0 Å². The molecule has 0 saturated heterocycles. The van der Waals surface area contributed by atoms with Crippen LogP contribution < -0.4 is 9.64 Å². The molecule has 246 valence electrons. The number of anilines is 1. The first-order chi connectivity index (χ1) is 22.4. The van der Waals surface area contributed by atoms with Gasteiger partial charge in [-0.05, 0) is 90.4 Å². The molecular weight excluding hydrogens is 639 g/mol. The van der Waals surface area contributed by atoms with Crippen molar-refractivity contribution in [2.24, 2.45) is 0 Å². The minimum atomic E-state index is -4.20. The number of ether oxygens (including phenoxy) is 1. The van der Waals surface area contributed by atoms with Crippen LogP contribution in [0.4, 0.5) is 5.69 Å². The number of nitrogens with zero attached hydrogens (tertiary/aromatic N) is 1. The van der Waals surface area contributed by atoms with E-state index in [1.54, 1.807) is 0 Å². The first-order valence-corrected chi connectivity index (χ1v) is 18.8. The summed E-state index contributed by atoms with van der Waals surface area (Å²) in [4.78, 5) is 2.02. The van der Waals surface area contributed by atoms with Crippen LogP contribution in [0.5, 0.6) is 5.75 Å². The van der Waals surface area contributed by atoms with Gasteiger partial charge in [-0.3, -0.25) is 9.11 Å². The largest absolute Gasteiger partial charge is 0.456 e. The number of hydrogen-bond donors (Lipinski definition) is 2. The fraction of sp³-hybridized carbons (Fsp3) is 0.278. The first-order valence-electron chi connectivity index (χ1n) is 15.7. The molecule has 1 aliphatic heterocycles. The van der Waals surface area contributed by atoms with E-state index in [1.807, 2.05) is 90.7 Å². The highest BCUT2D eigenvalue weighted by Gasteiger charge is 2.27. The van der Waals surface area contributed by atoms with Crippen LogP contribution in [0.3, 0.4) is 0 Å². The number of benzene rings is 4. The standard InChI is InChI=1S/C36H37NO8S2/c1-3-25(20-33-30(16-14-24(2)47(41,42)43)36-29-13-7-6-10-26(29)15-17-32(36)44-33)21-35-37(18-8-9-19-46(38,39)40)31-22-27-11-4-5-12-28(27)23-34(31)45-35/h4-7,10-13,15,17,20-24H,3,8-9,14,16,18-19H2,1-2H3,(H,38,39,40)(H,41,42,43)/b25-20-,35-21+. The molecule has 9 nitrogen and oxygen atoms in total. The van der Waals surface area contributed by atoms with Gasteiger partial charge in [0.15, 0.2) is 5.75 Å². The zero-order chi connectivity index (χ0) is 33.3. The molecule has 11 heteroatoms. The Hall–Kier alpha value is -4.16. The maximum Gasteiger partial charge on any atom is 0.267 e. The van der Waals surface area contributed by atoms with Crippen molar-refractivity contribution in [1.82, 2.24) is 0 Å². The van der Waals surface area contributed by atoms with E-state index in [0.717, 1.165) is 43.8 Å². The zero-order valence-corrected chi connectivity index (χ0v) is 27.9. The maximum atomic E-state index is 11.9.